The fourth-order valence-corrected chi connectivity index (χ4v) is 2.58. The van der Waals surface area contributed by atoms with E-state index in [1.165, 1.54) is 5.56 Å². The van der Waals surface area contributed by atoms with Crippen molar-refractivity contribution in [1.29, 1.82) is 0 Å². The molecule has 4 heteroatoms. The summed E-state index contributed by atoms with van der Waals surface area (Å²) in [5, 5.41) is 4.13. The van der Waals surface area contributed by atoms with Crippen LogP contribution < -0.4 is 5.32 Å². The first-order valence-electron chi connectivity index (χ1n) is 5.26. The number of anilines is 1. The number of rotatable bonds is 3. The number of aryl methyl sites for hydroxylation is 1. The van der Waals surface area contributed by atoms with Crippen molar-refractivity contribution >= 4 is 39.9 Å². The number of pyridine rings is 1. The van der Waals surface area contributed by atoms with Crippen LogP contribution in [-0.4, -0.2) is 4.98 Å². The van der Waals surface area contributed by atoms with Crippen molar-refractivity contribution in [3.8, 4) is 0 Å². The molecule has 2 rings (SSSR count). The Kier molecular flexibility index (Phi) is 4.23. The summed E-state index contributed by atoms with van der Waals surface area (Å²) in [5.41, 5.74) is 3.35. The minimum Gasteiger partial charge on any atom is -0.379 e. The van der Waals surface area contributed by atoms with Crippen molar-refractivity contribution < 1.29 is 0 Å². The first-order chi connectivity index (χ1) is 8.16. The van der Waals surface area contributed by atoms with Gasteiger partial charge < -0.3 is 5.32 Å². The Morgan fingerprint density at radius 3 is 2.88 bits per heavy atom. The molecule has 0 aliphatic carbocycles. The Hall–Kier alpha value is -0.810. The van der Waals surface area contributed by atoms with E-state index >= 15 is 0 Å². The molecule has 2 aromatic rings. The van der Waals surface area contributed by atoms with E-state index < -0.39 is 0 Å². The molecule has 0 aliphatic heterocycles. The first kappa shape index (κ1) is 12.6. The zero-order valence-electron chi connectivity index (χ0n) is 9.37. The number of benzene rings is 1. The Labute approximate surface area is 120 Å². The summed E-state index contributed by atoms with van der Waals surface area (Å²) in [5.74, 6) is 0. The van der Waals surface area contributed by atoms with Crippen molar-refractivity contribution in [3.05, 3.63) is 56.4 Å². The van der Waals surface area contributed by atoms with Gasteiger partial charge in [-0.25, -0.2) is 0 Å². The molecular formula is C13H12ClIN2. The maximum absolute atomic E-state index is 5.91. The third kappa shape index (κ3) is 3.33. The molecule has 0 aliphatic rings. The Bertz CT molecular complexity index is 529. The van der Waals surface area contributed by atoms with Crippen molar-refractivity contribution in [1.82, 2.24) is 4.98 Å². The average molecular weight is 359 g/mol. The van der Waals surface area contributed by atoms with Crippen LogP contribution in [0, 0.1) is 10.5 Å². The molecule has 88 valence electrons. The summed E-state index contributed by atoms with van der Waals surface area (Å²) >= 11 is 8.18. The average Bonchev–Trinajstić information content (AvgIpc) is 2.30. The summed E-state index contributed by atoms with van der Waals surface area (Å²) in [6, 6.07) is 9.83. The fourth-order valence-electron chi connectivity index (χ4n) is 1.52. The van der Waals surface area contributed by atoms with Gasteiger partial charge in [0.25, 0.3) is 0 Å². The van der Waals surface area contributed by atoms with Crippen LogP contribution in [0.3, 0.4) is 0 Å². The van der Waals surface area contributed by atoms with Crippen LogP contribution >= 0.6 is 34.2 Å². The van der Waals surface area contributed by atoms with Crippen molar-refractivity contribution in [2.24, 2.45) is 0 Å². The Morgan fingerprint density at radius 1 is 1.35 bits per heavy atom. The smallest absolute Gasteiger partial charge is 0.0623 e. The second kappa shape index (κ2) is 5.69. The topological polar surface area (TPSA) is 24.9 Å². The fraction of sp³-hybridized carbons (Fsp3) is 0.154. The molecule has 0 fully saturated rings. The standard InChI is InChI=1S/C13H12ClIN2/c1-9-3-2-6-16-13(9)8-17-12-5-4-10(14)7-11(12)15/h2-7,17H,8H2,1H3. The molecule has 1 heterocycles. The predicted molar refractivity (Wildman–Crippen MR) is 80.5 cm³/mol. The number of hydrogen-bond donors (Lipinski definition) is 1. The van der Waals surface area contributed by atoms with E-state index in [0.717, 1.165) is 26.5 Å². The summed E-state index contributed by atoms with van der Waals surface area (Å²) in [6.07, 6.45) is 1.82. The Morgan fingerprint density at radius 2 is 2.18 bits per heavy atom. The maximum atomic E-state index is 5.91. The lowest BCUT2D eigenvalue weighted by Gasteiger charge is -2.09. The SMILES string of the molecule is Cc1cccnc1CNc1ccc(Cl)cc1I. The molecule has 0 radical (unpaired) electrons. The highest BCUT2D eigenvalue weighted by Gasteiger charge is 2.02. The van der Waals surface area contributed by atoms with Gasteiger partial charge in [-0.15, -0.1) is 0 Å². The van der Waals surface area contributed by atoms with Gasteiger partial charge in [-0.2, -0.15) is 0 Å². The quantitative estimate of drug-likeness (QED) is 0.829. The van der Waals surface area contributed by atoms with Gasteiger partial charge >= 0.3 is 0 Å². The molecule has 0 amide bonds. The summed E-state index contributed by atoms with van der Waals surface area (Å²) in [7, 11) is 0. The lowest BCUT2D eigenvalue weighted by molar-refractivity contribution is 1.02. The predicted octanol–water partition coefficient (Wildman–Crippen LogP) is 4.26. The van der Waals surface area contributed by atoms with Crippen LogP contribution in [0.25, 0.3) is 0 Å². The van der Waals surface area contributed by atoms with E-state index in [0.29, 0.717) is 0 Å². The van der Waals surface area contributed by atoms with Gasteiger partial charge in [-0.1, -0.05) is 17.7 Å². The van der Waals surface area contributed by atoms with Gasteiger partial charge in [0.05, 0.1) is 12.2 Å². The van der Waals surface area contributed by atoms with Gasteiger partial charge in [0.15, 0.2) is 0 Å². The first-order valence-corrected chi connectivity index (χ1v) is 6.72. The zero-order valence-corrected chi connectivity index (χ0v) is 12.3. The molecule has 17 heavy (non-hydrogen) atoms. The van der Waals surface area contributed by atoms with Crippen LogP contribution in [0.4, 0.5) is 5.69 Å². The van der Waals surface area contributed by atoms with Gasteiger partial charge in [-0.3, -0.25) is 4.98 Å². The molecule has 0 saturated heterocycles. The van der Waals surface area contributed by atoms with Crippen LogP contribution in [-0.2, 0) is 6.54 Å². The molecule has 1 N–H and O–H groups in total. The zero-order chi connectivity index (χ0) is 12.3. The summed E-state index contributed by atoms with van der Waals surface area (Å²) < 4.78 is 1.11. The third-order valence-electron chi connectivity index (χ3n) is 2.50. The van der Waals surface area contributed by atoms with Gasteiger partial charge in [-0.05, 0) is 59.3 Å². The molecule has 1 aromatic carbocycles. The molecule has 2 nitrogen and oxygen atoms in total. The lowest BCUT2D eigenvalue weighted by atomic mass is 10.2. The second-order valence-corrected chi connectivity index (χ2v) is 5.34. The third-order valence-corrected chi connectivity index (χ3v) is 3.62. The van der Waals surface area contributed by atoms with Crippen LogP contribution in [0.1, 0.15) is 11.3 Å². The lowest BCUT2D eigenvalue weighted by Crippen LogP contribution is -2.04. The summed E-state index contributed by atoms with van der Waals surface area (Å²) in [6.45, 7) is 2.79. The number of halogens is 2. The van der Waals surface area contributed by atoms with E-state index in [-0.39, 0.29) is 0 Å². The molecule has 0 bridgehead atoms. The second-order valence-electron chi connectivity index (χ2n) is 3.74. The van der Waals surface area contributed by atoms with Gasteiger partial charge in [0.1, 0.15) is 0 Å². The molecule has 0 saturated carbocycles. The van der Waals surface area contributed by atoms with Crippen LogP contribution in [0.15, 0.2) is 36.5 Å². The van der Waals surface area contributed by atoms with E-state index in [1.54, 1.807) is 0 Å². The highest BCUT2D eigenvalue weighted by atomic mass is 127. The van der Waals surface area contributed by atoms with E-state index in [4.69, 9.17) is 11.6 Å². The minimum atomic E-state index is 0.726. The highest BCUT2D eigenvalue weighted by Crippen LogP contribution is 2.22. The molecule has 1 aromatic heterocycles. The van der Waals surface area contributed by atoms with Crippen LogP contribution in [0.2, 0.25) is 5.02 Å². The number of nitrogens with one attached hydrogen (secondary N) is 1. The van der Waals surface area contributed by atoms with Crippen molar-refractivity contribution in [3.63, 3.8) is 0 Å². The van der Waals surface area contributed by atoms with Gasteiger partial charge in [0.2, 0.25) is 0 Å². The van der Waals surface area contributed by atoms with E-state index in [2.05, 4.69) is 45.9 Å². The maximum Gasteiger partial charge on any atom is 0.0623 e. The van der Waals surface area contributed by atoms with Gasteiger partial charge in [0, 0.05) is 20.5 Å². The number of aromatic nitrogens is 1. The largest absolute Gasteiger partial charge is 0.379 e. The number of nitrogens with zero attached hydrogens (tertiary/aromatic N) is 1. The van der Waals surface area contributed by atoms with Crippen molar-refractivity contribution in [2.45, 2.75) is 13.5 Å². The molecular weight excluding hydrogens is 347 g/mol. The molecule has 0 spiro atoms. The number of hydrogen-bond acceptors (Lipinski definition) is 2. The van der Waals surface area contributed by atoms with E-state index in [9.17, 15) is 0 Å². The van der Waals surface area contributed by atoms with E-state index in [1.807, 2.05) is 30.5 Å². The minimum absolute atomic E-state index is 0.726. The highest BCUT2D eigenvalue weighted by molar-refractivity contribution is 14.1. The normalized spacial score (nSPS) is 10.3. The molecule has 0 unspecified atom stereocenters. The van der Waals surface area contributed by atoms with Crippen LogP contribution in [0.5, 0.6) is 0 Å². The Balaban J connectivity index is 2.10. The monoisotopic (exact) mass is 358 g/mol. The molecule has 0 atom stereocenters. The van der Waals surface area contributed by atoms with Crippen molar-refractivity contribution in [2.75, 3.05) is 5.32 Å². The summed E-state index contributed by atoms with van der Waals surface area (Å²) in [4.78, 5) is 4.35.